The predicted octanol–water partition coefficient (Wildman–Crippen LogP) is 4.04. The topological polar surface area (TPSA) is 28.7 Å². The number of halogens is 3. The van der Waals surface area contributed by atoms with Crippen LogP contribution < -0.4 is 0 Å². The van der Waals surface area contributed by atoms with Gasteiger partial charge in [-0.2, -0.15) is 0 Å². The summed E-state index contributed by atoms with van der Waals surface area (Å²) in [6.07, 6.45) is 1.64. The van der Waals surface area contributed by atoms with Crippen molar-refractivity contribution < 1.29 is 0 Å². The summed E-state index contributed by atoms with van der Waals surface area (Å²) in [5, 5.41) is 1.39. The van der Waals surface area contributed by atoms with Crippen LogP contribution in [0.25, 0.3) is 11.3 Å². The monoisotopic (exact) mass is 246 g/mol. The van der Waals surface area contributed by atoms with E-state index in [0.29, 0.717) is 15.3 Å². The van der Waals surface area contributed by atoms with Crippen LogP contribution in [0.15, 0.2) is 24.4 Å². The van der Waals surface area contributed by atoms with E-state index >= 15 is 0 Å². The van der Waals surface area contributed by atoms with Crippen LogP contribution in [-0.4, -0.2) is 9.97 Å². The second kappa shape index (κ2) is 3.81. The molecule has 0 aliphatic carbocycles. The molecule has 0 amide bonds. The highest BCUT2D eigenvalue weighted by atomic mass is 35.5. The Bertz CT molecular complexity index is 465. The first-order valence-corrected chi connectivity index (χ1v) is 4.96. The van der Waals surface area contributed by atoms with Crippen LogP contribution >= 0.6 is 34.8 Å². The second-order valence-electron chi connectivity index (χ2n) is 2.72. The minimum Gasteiger partial charge on any atom is -0.329 e. The molecule has 0 fully saturated rings. The van der Waals surface area contributed by atoms with Gasteiger partial charge in [0.1, 0.15) is 0 Å². The number of aromatic nitrogens is 2. The molecule has 2 rings (SSSR count). The van der Waals surface area contributed by atoms with E-state index in [9.17, 15) is 0 Å². The van der Waals surface area contributed by atoms with E-state index in [0.717, 1.165) is 11.3 Å². The maximum absolute atomic E-state index is 5.87. The summed E-state index contributed by atoms with van der Waals surface area (Å²) in [7, 11) is 0. The van der Waals surface area contributed by atoms with Crippen LogP contribution in [0.5, 0.6) is 0 Å². The van der Waals surface area contributed by atoms with Crippen molar-refractivity contribution >= 4 is 34.8 Å². The van der Waals surface area contributed by atoms with Crippen molar-refractivity contribution in [3.8, 4) is 11.3 Å². The van der Waals surface area contributed by atoms with Crippen molar-refractivity contribution in [2.45, 2.75) is 0 Å². The number of rotatable bonds is 1. The van der Waals surface area contributed by atoms with E-state index in [1.165, 1.54) is 0 Å². The SMILES string of the molecule is Clc1ncc(-c2ccc(Cl)c(Cl)c2)[nH]1. The molecular formula is C9H5Cl3N2. The summed E-state index contributed by atoms with van der Waals surface area (Å²) < 4.78 is 0. The van der Waals surface area contributed by atoms with Gasteiger partial charge < -0.3 is 4.98 Å². The van der Waals surface area contributed by atoms with Crippen LogP contribution in [-0.2, 0) is 0 Å². The van der Waals surface area contributed by atoms with E-state index in [1.807, 2.05) is 6.07 Å². The fourth-order valence-electron chi connectivity index (χ4n) is 1.11. The Morgan fingerprint density at radius 3 is 2.43 bits per heavy atom. The number of nitrogens with one attached hydrogen (secondary N) is 1. The van der Waals surface area contributed by atoms with E-state index in [4.69, 9.17) is 34.8 Å². The molecule has 0 saturated heterocycles. The number of hydrogen-bond donors (Lipinski definition) is 1. The summed E-state index contributed by atoms with van der Waals surface area (Å²) in [6.45, 7) is 0. The Labute approximate surface area is 95.8 Å². The Balaban J connectivity index is 2.47. The highest BCUT2D eigenvalue weighted by Gasteiger charge is 2.04. The standard InChI is InChI=1S/C9H5Cl3N2/c10-6-2-1-5(3-7(6)11)8-4-13-9(12)14-8/h1-4H,(H,13,14). The van der Waals surface area contributed by atoms with Crippen molar-refractivity contribution in [3.05, 3.63) is 39.7 Å². The van der Waals surface area contributed by atoms with Crippen LogP contribution in [0.4, 0.5) is 0 Å². The molecule has 72 valence electrons. The predicted molar refractivity (Wildman–Crippen MR) is 59.1 cm³/mol. The van der Waals surface area contributed by atoms with Crippen LogP contribution in [0.2, 0.25) is 15.3 Å². The number of aromatic amines is 1. The normalized spacial score (nSPS) is 10.5. The maximum Gasteiger partial charge on any atom is 0.200 e. The molecule has 0 aliphatic heterocycles. The van der Waals surface area contributed by atoms with Gasteiger partial charge in [-0.3, -0.25) is 0 Å². The highest BCUT2D eigenvalue weighted by Crippen LogP contribution is 2.27. The molecule has 0 unspecified atom stereocenters. The third-order valence-corrected chi connectivity index (χ3v) is 2.71. The lowest BCUT2D eigenvalue weighted by molar-refractivity contribution is 1.31. The van der Waals surface area contributed by atoms with Gasteiger partial charge in [0.25, 0.3) is 0 Å². The average molecular weight is 248 g/mol. The Kier molecular flexibility index (Phi) is 2.68. The summed E-state index contributed by atoms with van der Waals surface area (Å²) in [5.41, 5.74) is 1.72. The Morgan fingerprint density at radius 2 is 1.86 bits per heavy atom. The highest BCUT2D eigenvalue weighted by molar-refractivity contribution is 6.42. The van der Waals surface area contributed by atoms with Gasteiger partial charge in [-0.15, -0.1) is 0 Å². The number of nitrogens with zero attached hydrogens (tertiary/aromatic N) is 1. The fourth-order valence-corrected chi connectivity index (χ4v) is 1.56. The molecule has 2 nitrogen and oxygen atoms in total. The maximum atomic E-state index is 5.87. The zero-order valence-electron chi connectivity index (χ0n) is 6.89. The molecule has 0 atom stereocenters. The van der Waals surface area contributed by atoms with Crippen LogP contribution in [0, 0.1) is 0 Å². The smallest absolute Gasteiger partial charge is 0.200 e. The molecule has 0 bridgehead atoms. The molecule has 2 aromatic rings. The van der Waals surface area contributed by atoms with Gasteiger partial charge in [-0.25, -0.2) is 4.98 Å². The first-order chi connectivity index (χ1) is 6.66. The third-order valence-electron chi connectivity index (χ3n) is 1.78. The van der Waals surface area contributed by atoms with Gasteiger partial charge in [0, 0.05) is 5.56 Å². The Hall–Kier alpha value is -0.700. The lowest BCUT2D eigenvalue weighted by atomic mass is 10.2. The zero-order chi connectivity index (χ0) is 10.1. The quantitative estimate of drug-likeness (QED) is 0.809. The lowest BCUT2D eigenvalue weighted by Crippen LogP contribution is -1.77. The zero-order valence-corrected chi connectivity index (χ0v) is 9.16. The Morgan fingerprint density at radius 1 is 1.07 bits per heavy atom. The van der Waals surface area contributed by atoms with Gasteiger partial charge in [0.05, 0.1) is 21.9 Å². The van der Waals surface area contributed by atoms with E-state index in [2.05, 4.69) is 9.97 Å². The summed E-state index contributed by atoms with van der Waals surface area (Å²) in [5.74, 6) is 0. The molecule has 1 aromatic carbocycles. The number of hydrogen-bond acceptors (Lipinski definition) is 1. The van der Waals surface area contributed by atoms with E-state index in [-0.39, 0.29) is 0 Å². The molecule has 0 spiro atoms. The second-order valence-corrected chi connectivity index (χ2v) is 3.89. The lowest BCUT2D eigenvalue weighted by Gasteiger charge is -1.99. The van der Waals surface area contributed by atoms with Crippen molar-refractivity contribution in [2.75, 3.05) is 0 Å². The van der Waals surface area contributed by atoms with Crippen LogP contribution in [0.3, 0.4) is 0 Å². The van der Waals surface area contributed by atoms with Gasteiger partial charge in [-0.05, 0) is 23.7 Å². The molecule has 5 heteroatoms. The van der Waals surface area contributed by atoms with E-state index < -0.39 is 0 Å². The van der Waals surface area contributed by atoms with Gasteiger partial charge in [-0.1, -0.05) is 29.3 Å². The largest absolute Gasteiger partial charge is 0.329 e. The molecule has 14 heavy (non-hydrogen) atoms. The number of H-pyrrole nitrogens is 1. The molecule has 1 N–H and O–H groups in total. The molecule has 1 heterocycles. The third kappa shape index (κ3) is 1.87. The number of benzene rings is 1. The summed E-state index contributed by atoms with van der Waals surface area (Å²) in [4.78, 5) is 6.77. The first kappa shape index (κ1) is 9.84. The van der Waals surface area contributed by atoms with Gasteiger partial charge >= 0.3 is 0 Å². The summed E-state index contributed by atoms with van der Waals surface area (Å²) >= 11 is 17.3. The van der Waals surface area contributed by atoms with Gasteiger partial charge in [0.15, 0.2) is 5.28 Å². The minimum atomic E-state index is 0.353. The average Bonchev–Trinajstić information content (AvgIpc) is 2.57. The van der Waals surface area contributed by atoms with Crippen molar-refractivity contribution in [3.63, 3.8) is 0 Å². The van der Waals surface area contributed by atoms with Crippen molar-refractivity contribution in [2.24, 2.45) is 0 Å². The minimum absolute atomic E-state index is 0.353. The van der Waals surface area contributed by atoms with Crippen molar-refractivity contribution in [1.29, 1.82) is 0 Å². The summed E-state index contributed by atoms with van der Waals surface area (Å²) in [6, 6.07) is 5.33. The van der Waals surface area contributed by atoms with E-state index in [1.54, 1.807) is 18.3 Å². The molecule has 1 aromatic heterocycles. The van der Waals surface area contributed by atoms with Crippen LogP contribution in [0.1, 0.15) is 0 Å². The number of imidazole rings is 1. The fraction of sp³-hybridized carbons (Fsp3) is 0. The molecular weight excluding hydrogens is 242 g/mol. The van der Waals surface area contributed by atoms with Gasteiger partial charge in [0.2, 0.25) is 0 Å². The molecule has 0 aliphatic rings. The molecule has 0 saturated carbocycles. The molecule has 0 radical (unpaired) electrons. The first-order valence-electron chi connectivity index (χ1n) is 3.83. The van der Waals surface area contributed by atoms with Crippen molar-refractivity contribution in [1.82, 2.24) is 9.97 Å².